The van der Waals surface area contributed by atoms with E-state index in [2.05, 4.69) is 5.32 Å². The number of halogens is 1. The highest BCUT2D eigenvalue weighted by molar-refractivity contribution is 6.31. The molecule has 0 radical (unpaired) electrons. The molecule has 0 aromatic heterocycles. The Morgan fingerprint density at radius 1 is 1.20 bits per heavy atom. The van der Waals surface area contributed by atoms with Crippen LogP contribution in [0.1, 0.15) is 21.5 Å². The van der Waals surface area contributed by atoms with E-state index in [1.807, 2.05) is 19.9 Å². The Morgan fingerprint density at radius 2 is 1.90 bits per heavy atom. The lowest BCUT2D eigenvalue weighted by molar-refractivity contribution is 0.102. The monoisotopic (exact) mass is 290 g/mol. The maximum atomic E-state index is 12.1. The molecule has 20 heavy (non-hydrogen) atoms. The first-order valence-electron chi connectivity index (χ1n) is 6.05. The van der Waals surface area contributed by atoms with Gasteiger partial charge in [-0.05, 0) is 49.2 Å². The Hall–Kier alpha value is -2.20. The normalized spacial score (nSPS) is 10.3. The zero-order valence-electron chi connectivity index (χ0n) is 11.2. The van der Waals surface area contributed by atoms with Crippen LogP contribution >= 0.6 is 11.6 Å². The molecule has 0 aliphatic rings. The number of aromatic hydroxyl groups is 1. The number of carbonyl (C=O) groups excluding carboxylic acids is 1. The zero-order chi connectivity index (χ0) is 14.9. The standard InChI is InChI=1S/C15H15ClN2O2/c1-8-5-9(2)13(7-12(8)17)18-15(20)11-4-3-10(16)6-14(11)19/h3-7,19H,17H2,1-2H3,(H,18,20). The fourth-order valence-electron chi connectivity index (χ4n) is 1.89. The molecule has 0 atom stereocenters. The number of aryl methyl sites for hydroxylation is 2. The molecule has 0 heterocycles. The molecule has 4 N–H and O–H groups in total. The van der Waals surface area contributed by atoms with E-state index in [0.717, 1.165) is 11.1 Å². The molecule has 2 aromatic rings. The Kier molecular flexibility index (Phi) is 3.86. The summed E-state index contributed by atoms with van der Waals surface area (Å²) in [5.74, 6) is -0.571. The van der Waals surface area contributed by atoms with Crippen LogP contribution in [0.5, 0.6) is 5.75 Å². The number of nitrogen functional groups attached to an aromatic ring is 1. The molecule has 2 aromatic carbocycles. The van der Waals surface area contributed by atoms with Gasteiger partial charge in [0.2, 0.25) is 0 Å². The number of nitrogens with two attached hydrogens (primary N) is 1. The smallest absolute Gasteiger partial charge is 0.259 e. The van der Waals surface area contributed by atoms with Gasteiger partial charge in [-0.2, -0.15) is 0 Å². The minimum absolute atomic E-state index is 0.160. The van der Waals surface area contributed by atoms with Crippen molar-refractivity contribution in [2.75, 3.05) is 11.1 Å². The number of anilines is 2. The van der Waals surface area contributed by atoms with Crippen molar-refractivity contribution in [3.05, 3.63) is 52.0 Å². The number of rotatable bonds is 2. The second kappa shape index (κ2) is 5.43. The summed E-state index contributed by atoms with van der Waals surface area (Å²) in [7, 11) is 0. The summed E-state index contributed by atoms with van der Waals surface area (Å²) in [5.41, 5.74) is 9.07. The highest BCUT2D eigenvalue weighted by atomic mass is 35.5. The van der Waals surface area contributed by atoms with Gasteiger partial charge in [0, 0.05) is 16.4 Å². The lowest BCUT2D eigenvalue weighted by Crippen LogP contribution is -2.13. The maximum absolute atomic E-state index is 12.1. The highest BCUT2D eigenvalue weighted by Gasteiger charge is 2.13. The summed E-state index contributed by atoms with van der Waals surface area (Å²) < 4.78 is 0. The third-order valence-corrected chi connectivity index (χ3v) is 3.30. The first-order chi connectivity index (χ1) is 9.38. The minimum Gasteiger partial charge on any atom is -0.507 e. The third kappa shape index (κ3) is 2.86. The van der Waals surface area contributed by atoms with E-state index in [4.69, 9.17) is 17.3 Å². The van der Waals surface area contributed by atoms with Crippen molar-refractivity contribution >= 4 is 28.9 Å². The van der Waals surface area contributed by atoms with Gasteiger partial charge in [0.05, 0.1) is 5.56 Å². The van der Waals surface area contributed by atoms with E-state index in [0.29, 0.717) is 16.4 Å². The predicted molar refractivity (Wildman–Crippen MR) is 81.4 cm³/mol. The number of phenols is 1. The van der Waals surface area contributed by atoms with Gasteiger partial charge in [-0.3, -0.25) is 4.79 Å². The Labute approximate surface area is 122 Å². The predicted octanol–water partition coefficient (Wildman–Crippen LogP) is 3.50. The van der Waals surface area contributed by atoms with Crippen LogP contribution in [0.2, 0.25) is 5.02 Å². The first kappa shape index (κ1) is 14.2. The van der Waals surface area contributed by atoms with Gasteiger partial charge >= 0.3 is 0 Å². The average molecular weight is 291 g/mol. The lowest BCUT2D eigenvalue weighted by atomic mass is 10.1. The molecule has 5 heteroatoms. The van der Waals surface area contributed by atoms with Crippen LogP contribution in [0.3, 0.4) is 0 Å². The van der Waals surface area contributed by atoms with Crippen molar-refractivity contribution < 1.29 is 9.90 Å². The third-order valence-electron chi connectivity index (χ3n) is 3.07. The molecule has 0 saturated carbocycles. The number of hydrogen-bond donors (Lipinski definition) is 3. The van der Waals surface area contributed by atoms with Gasteiger partial charge in [-0.1, -0.05) is 17.7 Å². The molecule has 0 saturated heterocycles. The maximum Gasteiger partial charge on any atom is 0.259 e. The Bertz CT molecular complexity index is 684. The molecule has 104 valence electrons. The number of nitrogens with one attached hydrogen (secondary N) is 1. The lowest BCUT2D eigenvalue weighted by Gasteiger charge is -2.12. The van der Waals surface area contributed by atoms with Crippen LogP contribution in [0.15, 0.2) is 30.3 Å². The van der Waals surface area contributed by atoms with Gasteiger partial charge in [0.25, 0.3) is 5.91 Å². The molecule has 0 spiro atoms. The topological polar surface area (TPSA) is 75.3 Å². The average Bonchev–Trinajstić information content (AvgIpc) is 2.35. The van der Waals surface area contributed by atoms with Crippen LogP contribution in [0.25, 0.3) is 0 Å². The van der Waals surface area contributed by atoms with Crippen molar-refractivity contribution in [1.29, 1.82) is 0 Å². The molecule has 4 nitrogen and oxygen atoms in total. The largest absolute Gasteiger partial charge is 0.507 e. The van der Waals surface area contributed by atoms with Crippen molar-refractivity contribution in [3.63, 3.8) is 0 Å². The van der Waals surface area contributed by atoms with Crippen molar-refractivity contribution in [3.8, 4) is 5.75 Å². The van der Waals surface area contributed by atoms with E-state index in [9.17, 15) is 9.90 Å². The first-order valence-corrected chi connectivity index (χ1v) is 6.43. The van der Waals surface area contributed by atoms with E-state index in [1.165, 1.54) is 12.1 Å². The molecule has 1 amide bonds. The SMILES string of the molecule is Cc1cc(C)c(NC(=O)c2ccc(Cl)cc2O)cc1N. The van der Waals surface area contributed by atoms with Gasteiger partial charge in [-0.25, -0.2) is 0 Å². The molecule has 2 rings (SSSR count). The fourth-order valence-corrected chi connectivity index (χ4v) is 2.06. The van der Waals surface area contributed by atoms with Crippen LogP contribution in [-0.2, 0) is 0 Å². The number of amides is 1. The second-order valence-electron chi connectivity index (χ2n) is 4.64. The molecule has 0 aliphatic carbocycles. The van der Waals surface area contributed by atoms with Gasteiger partial charge < -0.3 is 16.2 Å². The molecule has 0 unspecified atom stereocenters. The van der Waals surface area contributed by atoms with Crippen molar-refractivity contribution in [2.45, 2.75) is 13.8 Å². The fraction of sp³-hybridized carbons (Fsp3) is 0.133. The van der Waals surface area contributed by atoms with Crippen LogP contribution in [0.4, 0.5) is 11.4 Å². The molecular formula is C15H15ClN2O2. The minimum atomic E-state index is -0.412. The zero-order valence-corrected chi connectivity index (χ0v) is 12.0. The molecule has 0 aliphatic heterocycles. The van der Waals surface area contributed by atoms with Crippen LogP contribution < -0.4 is 11.1 Å². The van der Waals surface area contributed by atoms with Gasteiger partial charge in [0.1, 0.15) is 5.75 Å². The van der Waals surface area contributed by atoms with E-state index in [-0.39, 0.29) is 11.3 Å². The summed E-state index contributed by atoms with van der Waals surface area (Å²) in [6.45, 7) is 3.78. The second-order valence-corrected chi connectivity index (χ2v) is 5.08. The summed E-state index contributed by atoms with van der Waals surface area (Å²) in [5, 5.41) is 12.8. The summed E-state index contributed by atoms with van der Waals surface area (Å²) in [6.07, 6.45) is 0. The van der Waals surface area contributed by atoms with E-state index >= 15 is 0 Å². The van der Waals surface area contributed by atoms with Gasteiger partial charge in [-0.15, -0.1) is 0 Å². The number of carbonyl (C=O) groups is 1. The quantitative estimate of drug-likeness (QED) is 0.741. The number of hydrogen-bond acceptors (Lipinski definition) is 3. The summed E-state index contributed by atoms with van der Waals surface area (Å²) in [4.78, 5) is 12.1. The van der Waals surface area contributed by atoms with Crippen molar-refractivity contribution in [2.24, 2.45) is 0 Å². The van der Waals surface area contributed by atoms with E-state index < -0.39 is 5.91 Å². The van der Waals surface area contributed by atoms with E-state index in [1.54, 1.807) is 12.1 Å². The van der Waals surface area contributed by atoms with Crippen LogP contribution in [0, 0.1) is 13.8 Å². The molecular weight excluding hydrogens is 276 g/mol. The number of phenolic OH excluding ortho intramolecular Hbond substituents is 1. The van der Waals surface area contributed by atoms with Crippen molar-refractivity contribution in [1.82, 2.24) is 0 Å². The van der Waals surface area contributed by atoms with Gasteiger partial charge in [0.15, 0.2) is 0 Å². The Balaban J connectivity index is 2.30. The molecule has 0 fully saturated rings. The summed E-state index contributed by atoms with van der Waals surface area (Å²) >= 11 is 5.74. The summed E-state index contributed by atoms with van der Waals surface area (Å²) in [6, 6.07) is 7.95. The Morgan fingerprint density at radius 3 is 2.55 bits per heavy atom. The van der Waals surface area contributed by atoms with Crippen LogP contribution in [-0.4, -0.2) is 11.0 Å². The highest BCUT2D eigenvalue weighted by Crippen LogP contribution is 2.26. The number of benzene rings is 2. The molecule has 0 bridgehead atoms.